The number of nitrogens with zero attached hydrogens (tertiary/aromatic N) is 2. The molecule has 5 nitrogen and oxygen atoms in total. The van der Waals surface area contributed by atoms with Gasteiger partial charge in [-0.3, -0.25) is 0 Å². The van der Waals surface area contributed by atoms with Crippen molar-refractivity contribution in [1.29, 1.82) is 0 Å². The second kappa shape index (κ2) is 10.2. The molecule has 130 valence electrons. The highest BCUT2D eigenvalue weighted by Crippen LogP contribution is 2.10. The lowest BCUT2D eigenvalue weighted by atomic mass is 10.2. The number of carbonyl (C=O) groups is 1. The first kappa shape index (κ1) is 19.5. The van der Waals surface area contributed by atoms with Gasteiger partial charge in [-0.1, -0.05) is 27.7 Å². The Hall–Kier alpha value is -1.59. The third-order valence-electron chi connectivity index (χ3n) is 4.13. The quantitative estimate of drug-likeness (QED) is 0.530. The monoisotopic (exact) mass is 321 g/mol. The van der Waals surface area contributed by atoms with Crippen LogP contribution in [0.5, 0.6) is 0 Å². The number of nitrogen functional groups attached to an aromatic ring is 1. The van der Waals surface area contributed by atoms with Gasteiger partial charge >= 0.3 is 5.97 Å². The third kappa shape index (κ3) is 6.59. The minimum atomic E-state index is -0.283. The lowest BCUT2D eigenvalue weighted by molar-refractivity contribution is 0.0108. The van der Waals surface area contributed by atoms with Gasteiger partial charge in [0, 0.05) is 18.8 Å². The van der Waals surface area contributed by atoms with Crippen molar-refractivity contribution in [3.63, 3.8) is 0 Å². The van der Waals surface area contributed by atoms with Crippen LogP contribution in [0.1, 0.15) is 38.1 Å². The van der Waals surface area contributed by atoms with Gasteiger partial charge in [-0.25, -0.2) is 4.79 Å². The first-order valence-corrected chi connectivity index (χ1v) is 8.55. The second-order valence-electron chi connectivity index (χ2n) is 5.62. The van der Waals surface area contributed by atoms with E-state index < -0.39 is 0 Å². The largest absolute Gasteiger partial charge is 0.456 e. The molecule has 0 atom stereocenters. The van der Waals surface area contributed by atoms with Crippen LogP contribution in [0.4, 0.5) is 5.69 Å². The van der Waals surface area contributed by atoms with E-state index in [1.54, 1.807) is 24.3 Å². The first-order chi connectivity index (χ1) is 11.0. The van der Waals surface area contributed by atoms with Gasteiger partial charge in [0.15, 0.2) is 0 Å². The van der Waals surface area contributed by atoms with Crippen LogP contribution in [-0.2, 0) is 4.74 Å². The molecule has 1 aromatic carbocycles. The lowest BCUT2D eigenvalue weighted by Gasteiger charge is -2.29. The number of rotatable bonds is 10. The molecule has 23 heavy (non-hydrogen) atoms. The Morgan fingerprint density at radius 3 is 1.78 bits per heavy atom. The molecule has 0 aromatic heterocycles. The highest BCUT2D eigenvalue weighted by atomic mass is 16.5. The fraction of sp³-hybridized carbons (Fsp3) is 0.611. The summed E-state index contributed by atoms with van der Waals surface area (Å²) >= 11 is 0. The van der Waals surface area contributed by atoms with E-state index in [-0.39, 0.29) is 12.1 Å². The van der Waals surface area contributed by atoms with Crippen LogP contribution in [0.3, 0.4) is 0 Å². The summed E-state index contributed by atoms with van der Waals surface area (Å²) in [5, 5.41) is 0. The van der Waals surface area contributed by atoms with Crippen molar-refractivity contribution in [2.45, 2.75) is 33.8 Å². The van der Waals surface area contributed by atoms with Crippen LogP contribution in [0, 0.1) is 0 Å². The molecule has 0 aliphatic rings. The summed E-state index contributed by atoms with van der Waals surface area (Å²) < 4.78 is 5.78. The van der Waals surface area contributed by atoms with Crippen molar-refractivity contribution >= 4 is 11.7 Å². The topological polar surface area (TPSA) is 58.8 Å². The summed E-state index contributed by atoms with van der Waals surface area (Å²) in [5.74, 6) is -0.283. The Morgan fingerprint density at radius 2 is 1.39 bits per heavy atom. The number of benzene rings is 1. The fourth-order valence-corrected chi connectivity index (χ4v) is 2.51. The van der Waals surface area contributed by atoms with Gasteiger partial charge in [0.1, 0.15) is 6.10 Å². The molecule has 1 rings (SSSR count). The normalized spacial score (nSPS) is 11.4. The zero-order chi connectivity index (χ0) is 17.2. The number of likely N-dealkylation sites (N-methyl/N-ethyl adjacent to an activating group) is 2. The van der Waals surface area contributed by atoms with Crippen LogP contribution < -0.4 is 5.73 Å². The molecule has 0 saturated carbocycles. The molecule has 0 heterocycles. The van der Waals surface area contributed by atoms with E-state index in [0.29, 0.717) is 11.3 Å². The molecule has 2 N–H and O–H groups in total. The highest BCUT2D eigenvalue weighted by molar-refractivity contribution is 5.89. The van der Waals surface area contributed by atoms with E-state index in [9.17, 15) is 4.79 Å². The zero-order valence-electron chi connectivity index (χ0n) is 14.9. The van der Waals surface area contributed by atoms with Crippen LogP contribution in [-0.4, -0.2) is 61.1 Å². The minimum Gasteiger partial charge on any atom is -0.456 e. The molecule has 0 aliphatic heterocycles. The summed E-state index contributed by atoms with van der Waals surface area (Å²) in [6.07, 6.45) is -0.139. The predicted molar refractivity (Wildman–Crippen MR) is 95.6 cm³/mol. The van der Waals surface area contributed by atoms with Crippen molar-refractivity contribution in [2.24, 2.45) is 0 Å². The van der Waals surface area contributed by atoms with Crippen LogP contribution >= 0.6 is 0 Å². The summed E-state index contributed by atoms with van der Waals surface area (Å²) in [6.45, 7) is 13.8. The number of hydrogen-bond acceptors (Lipinski definition) is 5. The Labute approximate surface area is 140 Å². The minimum absolute atomic E-state index is 0.139. The van der Waals surface area contributed by atoms with E-state index in [2.05, 4.69) is 37.5 Å². The number of carbonyl (C=O) groups excluding carboxylic acids is 1. The van der Waals surface area contributed by atoms with Crippen molar-refractivity contribution in [1.82, 2.24) is 9.80 Å². The maximum absolute atomic E-state index is 12.4. The average molecular weight is 321 g/mol. The van der Waals surface area contributed by atoms with E-state index in [0.717, 1.165) is 39.3 Å². The number of esters is 1. The summed E-state index contributed by atoms with van der Waals surface area (Å²) in [4.78, 5) is 16.9. The van der Waals surface area contributed by atoms with E-state index in [1.165, 1.54) is 0 Å². The molecule has 0 aliphatic carbocycles. The summed E-state index contributed by atoms with van der Waals surface area (Å²) in [7, 11) is 0. The van der Waals surface area contributed by atoms with Gasteiger partial charge < -0.3 is 20.3 Å². The van der Waals surface area contributed by atoms with Gasteiger partial charge in [0.2, 0.25) is 0 Å². The lowest BCUT2D eigenvalue weighted by Crippen LogP contribution is -2.42. The molecule has 0 bridgehead atoms. The smallest absolute Gasteiger partial charge is 0.338 e. The van der Waals surface area contributed by atoms with E-state index in [1.807, 2.05) is 0 Å². The SMILES string of the molecule is CCN(CC)CC(CN(CC)CC)OC(=O)c1ccc(N)cc1. The molecule has 0 amide bonds. The van der Waals surface area contributed by atoms with Crippen molar-refractivity contribution in [3.8, 4) is 0 Å². The van der Waals surface area contributed by atoms with Gasteiger partial charge in [0.25, 0.3) is 0 Å². The molecular formula is C18H31N3O2. The average Bonchev–Trinajstić information content (AvgIpc) is 2.57. The molecule has 0 spiro atoms. The van der Waals surface area contributed by atoms with Crippen LogP contribution in [0.15, 0.2) is 24.3 Å². The van der Waals surface area contributed by atoms with Crippen molar-refractivity contribution < 1.29 is 9.53 Å². The first-order valence-electron chi connectivity index (χ1n) is 8.55. The second-order valence-corrected chi connectivity index (χ2v) is 5.62. The molecule has 5 heteroatoms. The van der Waals surface area contributed by atoms with Gasteiger partial charge in [-0.2, -0.15) is 0 Å². The Bertz CT molecular complexity index is 440. The van der Waals surface area contributed by atoms with Gasteiger partial charge in [-0.05, 0) is 50.4 Å². The molecule has 0 radical (unpaired) electrons. The zero-order valence-corrected chi connectivity index (χ0v) is 14.9. The number of anilines is 1. The molecule has 0 fully saturated rings. The van der Waals surface area contributed by atoms with E-state index in [4.69, 9.17) is 10.5 Å². The fourth-order valence-electron chi connectivity index (χ4n) is 2.51. The molecule has 1 aromatic rings. The predicted octanol–water partition coefficient (Wildman–Crippen LogP) is 2.48. The van der Waals surface area contributed by atoms with Gasteiger partial charge in [-0.15, -0.1) is 0 Å². The number of hydrogen-bond donors (Lipinski definition) is 1. The van der Waals surface area contributed by atoms with Crippen LogP contribution in [0.2, 0.25) is 0 Å². The maximum atomic E-state index is 12.4. The molecule has 0 unspecified atom stereocenters. The summed E-state index contributed by atoms with van der Waals surface area (Å²) in [5.41, 5.74) is 6.85. The number of ether oxygens (including phenoxy) is 1. The van der Waals surface area contributed by atoms with Crippen molar-refractivity contribution in [2.75, 3.05) is 45.0 Å². The Balaban J connectivity index is 2.77. The standard InChI is InChI=1S/C18H31N3O2/c1-5-20(6-2)13-17(14-21(7-3)8-4)23-18(22)15-9-11-16(19)12-10-15/h9-12,17H,5-8,13-14,19H2,1-4H3. The van der Waals surface area contributed by atoms with E-state index >= 15 is 0 Å². The number of nitrogens with two attached hydrogens (primary N) is 1. The van der Waals surface area contributed by atoms with Crippen LogP contribution in [0.25, 0.3) is 0 Å². The highest BCUT2D eigenvalue weighted by Gasteiger charge is 2.20. The van der Waals surface area contributed by atoms with Crippen molar-refractivity contribution in [3.05, 3.63) is 29.8 Å². The van der Waals surface area contributed by atoms with Gasteiger partial charge in [0.05, 0.1) is 5.56 Å². The molecular weight excluding hydrogens is 290 g/mol. The third-order valence-corrected chi connectivity index (χ3v) is 4.13. The maximum Gasteiger partial charge on any atom is 0.338 e. The molecule has 0 saturated heterocycles. The Kier molecular flexibility index (Phi) is 8.66. The Morgan fingerprint density at radius 1 is 0.957 bits per heavy atom. The summed E-state index contributed by atoms with van der Waals surface area (Å²) in [6, 6.07) is 6.87.